The Labute approximate surface area is 92.5 Å². The first-order valence-electron chi connectivity index (χ1n) is 3.91. The van der Waals surface area contributed by atoms with Gasteiger partial charge in [-0.3, -0.25) is 5.10 Å². The van der Waals surface area contributed by atoms with Crippen LogP contribution >= 0.6 is 23.6 Å². The number of H-pyrrole nitrogens is 1. The van der Waals surface area contributed by atoms with E-state index in [0.717, 1.165) is 9.63 Å². The molecule has 2 rings (SSSR count). The summed E-state index contributed by atoms with van der Waals surface area (Å²) in [6.07, 6.45) is 3.46. The SMILES string of the molecule is ClN(Cl)c1ccccc1.c1cn[nH]c1. The van der Waals surface area contributed by atoms with Gasteiger partial charge in [-0.25, -0.2) is 0 Å². The molecular formula is C9H9Cl2N3. The van der Waals surface area contributed by atoms with Crippen LogP contribution in [-0.4, -0.2) is 10.2 Å². The van der Waals surface area contributed by atoms with E-state index in [0.29, 0.717) is 0 Å². The van der Waals surface area contributed by atoms with E-state index in [4.69, 9.17) is 23.6 Å². The molecule has 1 N–H and O–H groups in total. The minimum atomic E-state index is 0.779. The number of aromatic nitrogens is 2. The molecule has 0 spiro atoms. The standard InChI is InChI=1S/C6H5Cl2N.C3H4N2/c7-9(8)6-4-2-1-3-5-6;1-2-4-5-3-1/h1-5H;1-3H,(H,4,5). The topological polar surface area (TPSA) is 31.9 Å². The van der Waals surface area contributed by atoms with Crippen molar-refractivity contribution in [2.75, 3.05) is 3.94 Å². The summed E-state index contributed by atoms with van der Waals surface area (Å²) in [5.41, 5.74) is 0.779. The lowest BCUT2D eigenvalue weighted by Crippen LogP contribution is -1.89. The fourth-order valence-electron chi connectivity index (χ4n) is 0.756. The van der Waals surface area contributed by atoms with Crippen molar-refractivity contribution in [3.05, 3.63) is 48.8 Å². The molecule has 0 saturated heterocycles. The average molecular weight is 230 g/mol. The van der Waals surface area contributed by atoms with Crippen molar-refractivity contribution < 1.29 is 0 Å². The Morgan fingerprint density at radius 3 is 2.07 bits per heavy atom. The quantitative estimate of drug-likeness (QED) is 0.762. The lowest BCUT2D eigenvalue weighted by atomic mass is 10.3. The fourth-order valence-corrected chi connectivity index (χ4v) is 0.981. The van der Waals surface area contributed by atoms with Gasteiger partial charge in [-0.15, -0.1) is 0 Å². The van der Waals surface area contributed by atoms with Crippen molar-refractivity contribution in [1.82, 2.24) is 10.2 Å². The van der Waals surface area contributed by atoms with Gasteiger partial charge in [0.15, 0.2) is 0 Å². The van der Waals surface area contributed by atoms with Gasteiger partial charge in [0, 0.05) is 35.9 Å². The third-order valence-electron chi connectivity index (χ3n) is 1.36. The van der Waals surface area contributed by atoms with E-state index in [-0.39, 0.29) is 0 Å². The maximum Gasteiger partial charge on any atom is 0.0709 e. The van der Waals surface area contributed by atoms with Gasteiger partial charge in [0.1, 0.15) is 0 Å². The van der Waals surface area contributed by atoms with Crippen molar-refractivity contribution in [3.63, 3.8) is 0 Å². The molecule has 1 heterocycles. The van der Waals surface area contributed by atoms with E-state index in [2.05, 4.69) is 10.2 Å². The Bertz CT molecular complexity index is 304. The monoisotopic (exact) mass is 229 g/mol. The highest BCUT2D eigenvalue weighted by Crippen LogP contribution is 2.16. The van der Waals surface area contributed by atoms with E-state index in [1.807, 2.05) is 36.4 Å². The summed E-state index contributed by atoms with van der Waals surface area (Å²) in [5.74, 6) is 0. The van der Waals surface area contributed by atoms with Crippen molar-refractivity contribution >= 4 is 29.2 Å². The highest BCUT2D eigenvalue weighted by atomic mass is 35.5. The third-order valence-corrected chi connectivity index (χ3v) is 1.75. The summed E-state index contributed by atoms with van der Waals surface area (Å²) < 4.78 is 1.03. The molecule has 0 atom stereocenters. The summed E-state index contributed by atoms with van der Waals surface area (Å²) in [6.45, 7) is 0. The highest BCUT2D eigenvalue weighted by molar-refractivity contribution is 6.49. The van der Waals surface area contributed by atoms with Crippen LogP contribution in [0.2, 0.25) is 0 Å². The molecule has 0 aliphatic rings. The summed E-state index contributed by atoms with van der Waals surface area (Å²) in [6, 6.07) is 11.1. The molecule has 3 nitrogen and oxygen atoms in total. The molecule has 0 amide bonds. The van der Waals surface area contributed by atoms with Crippen LogP contribution in [0.15, 0.2) is 48.8 Å². The number of para-hydroxylation sites is 1. The van der Waals surface area contributed by atoms with Crippen molar-refractivity contribution in [2.45, 2.75) is 0 Å². The van der Waals surface area contributed by atoms with E-state index in [1.54, 1.807) is 12.4 Å². The molecule has 5 heteroatoms. The minimum Gasteiger partial charge on any atom is -0.286 e. The van der Waals surface area contributed by atoms with Gasteiger partial charge in [-0.2, -0.15) is 9.04 Å². The lowest BCUT2D eigenvalue weighted by molar-refractivity contribution is 1.09. The van der Waals surface area contributed by atoms with Crippen LogP contribution in [0.3, 0.4) is 0 Å². The molecular weight excluding hydrogens is 221 g/mol. The molecule has 0 radical (unpaired) electrons. The van der Waals surface area contributed by atoms with Crippen LogP contribution in [0.1, 0.15) is 0 Å². The predicted molar refractivity (Wildman–Crippen MR) is 59.2 cm³/mol. The minimum absolute atomic E-state index is 0.779. The maximum absolute atomic E-state index is 5.40. The largest absolute Gasteiger partial charge is 0.286 e. The third kappa shape index (κ3) is 4.16. The molecule has 0 fully saturated rings. The van der Waals surface area contributed by atoms with Gasteiger partial charge in [0.25, 0.3) is 0 Å². The Morgan fingerprint density at radius 2 is 1.79 bits per heavy atom. The Kier molecular flexibility index (Phi) is 4.89. The van der Waals surface area contributed by atoms with Crippen LogP contribution in [-0.2, 0) is 0 Å². The van der Waals surface area contributed by atoms with Gasteiger partial charge in [0.05, 0.1) is 5.69 Å². The van der Waals surface area contributed by atoms with Crippen LogP contribution in [0.5, 0.6) is 0 Å². The zero-order valence-electron chi connectivity index (χ0n) is 7.27. The molecule has 1 aromatic carbocycles. The van der Waals surface area contributed by atoms with Crippen LogP contribution in [0.4, 0.5) is 5.69 Å². The number of anilines is 1. The van der Waals surface area contributed by atoms with Crippen LogP contribution < -0.4 is 3.94 Å². The van der Waals surface area contributed by atoms with Gasteiger partial charge >= 0.3 is 0 Å². The molecule has 0 saturated carbocycles. The zero-order chi connectivity index (χ0) is 10.2. The smallest absolute Gasteiger partial charge is 0.0709 e. The van der Waals surface area contributed by atoms with Crippen molar-refractivity contribution in [2.24, 2.45) is 0 Å². The number of benzene rings is 1. The molecule has 74 valence electrons. The van der Waals surface area contributed by atoms with Crippen molar-refractivity contribution in [3.8, 4) is 0 Å². The molecule has 2 aromatic rings. The summed E-state index contributed by atoms with van der Waals surface area (Å²) in [4.78, 5) is 0. The number of nitrogens with zero attached hydrogens (tertiary/aromatic N) is 2. The number of halogens is 2. The average Bonchev–Trinajstić information content (AvgIpc) is 2.77. The van der Waals surface area contributed by atoms with Gasteiger partial charge in [0.2, 0.25) is 0 Å². The number of rotatable bonds is 1. The van der Waals surface area contributed by atoms with Gasteiger partial charge in [-0.1, -0.05) is 18.2 Å². The van der Waals surface area contributed by atoms with Gasteiger partial charge in [-0.05, 0) is 18.2 Å². The van der Waals surface area contributed by atoms with Crippen LogP contribution in [0, 0.1) is 0 Å². The predicted octanol–water partition coefficient (Wildman–Crippen LogP) is 3.21. The second kappa shape index (κ2) is 6.29. The summed E-state index contributed by atoms with van der Waals surface area (Å²) in [5, 5.41) is 6.21. The zero-order valence-corrected chi connectivity index (χ0v) is 8.78. The summed E-state index contributed by atoms with van der Waals surface area (Å²) in [7, 11) is 0. The maximum atomic E-state index is 5.40. The first kappa shape index (κ1) is 10.9. The van der Waals surface area contributed by atoms with E-state index in [1.165, 1.54) is 0 Å². The van der Waals surface area contributed by atoms with E-state index < -0.39 is 0 Å². The number of aromatic amines is 1. The number of nitrogens with one attached hydrogen (secondary N) is 1. The Balaban J connectivity index is 0.000000165. The van der Waals surface area contributed by atoms with Gasteiger partial charge < -0.3 is 0 Å². The number of hydrogen-bond acceptors (Lipinski definition) is 2. The lowest BCUT2D eigenvalue weighted by Gasteiger charge is -2.02. The molecule has 0 aliphatic carbocycles. The summed E-state index contributed by atoms with van der Waals surface area (Å²) >= 11 is 10.8. The normalized spacial score (nSPS) is 8.71. The molecule has 0 aliphatic heterocycles. The molecule has 0 bridgehead atoms. The highest BCUT2D eigenvalue weighted by Gasteiger charge is 1.93. The molecule has 1 aromatic heterocycles. The Hall–Kier alpha value is -1.19. The first-order valence-corrected chi connectivity index (χ1v) is 4.59. The van der Waals surface area contributed by atoms with E-state index >= 15 is 0 Å². The number of hydrogen-bond donors (Lipinski definition) is 1. The van der Waals surface area contributed by atoms with Crippen molar-refractivity contribution in [1.29, 1.82) is 0 Å². The second-order valence-corrected chi connectivity index (χ2v) is 3.18. The molecule has 0 unspecified atom stereocenters. The molecule has 14 heavy (non-hydrogen) atoms. The van der Waals surface area contributed by atoms with Crippen LogP contribution in [0.25, 0.3) is 0 Å². The Morgan fingerprint density at radius 1 is 1.07 bits per heavy atom. The first-order chi connectivity index (χ1) is 6.80. The fraction of sp³-hybridized carbons (Fsp3) is 0. The second-order valence-electron chi connectivity index (χ2n) is 2.33. The van der Waals surface area contributed by atoms with E-state index in [9.17, 15) is 0 Å².